The van der Waals surface area contributed by atoms with E-state index in [0.29, 0.717) is 15.6 Å². The molecular weight excluding hydrogens is 442 g/mol. The van der Waals surface area contributed by atoms with Crippen LogP contribution in [0.15, 0.2) is 57.2 Å². The Morgan fingerprint density at radius 3 is 2.40 bits per heavy atom. The normalized spacial score (nSPS) is 10.5. The summed E-state index contributed by atoms with van der Waals surface area (Å²) in [7, 11) is 2.94. The van der Waals surface area contributed by atoms with E-state index in [2.05, 4.69) is 15.5 Å². The van der Waals surface area contributed by atoms with E-state index in [-0.39, 0.29) is 11.7 Å². The van der Waals surface area contributed by atoms with Gasteiger partial charge < -0.3 is 14.8 Å². The maximum atomic E-state index is 12.3. The van der Waals surface area contributed by atoms with Crippen molar-refractivity contribution in [3.63, 3.8) is 0 Å². The molecule has 0 bridgehead atoms. The molecule has 3 aromatic rings. The van der Waals surface area contributed by atoms with Crippen molar-refractivity contribution < 1.29 is 19.1 Å². The van der Waals surface area contributed by atoms with E-state index >= 15 is 0 Å². The highest BCUT2D eigenvalue weighted by Gasteiger charge is 2.14. The molecule has 0 unspecified atom stereocenters. The van der Waals surface area contributed by atoms with Gasteiger partial charge in [0.2, 0.25) is 5.91 Å². The first kappa shape index (κ1) is 22.1. The van der Waals surface area contributed by atoms with Gasteiger partial charge in [-0.1, -0.05) is 59.1 Å². The SMILES string of the molecule is COC(=O)c1ccccc1NC(=O)CSc1nnc(SCc2ccc(OC)cc2)s1. The van der Waals surface area contributed by atoms with E-state index in [1.807, 2.05) is 24.3 Å². The molecule has 0 spiro atoms. The minimum absolute atomic E-state index is 0.160. The summed E-state index contributed by atoms with van der Waals surface area (Å²) in [6, 6.07) is 14.6. The second kappa shape index (κ2) is 11.0. The van der Waals surface area contributed by atoms with Gasteiger partial charge in [-0.05, 0) is 29.8 Å². The zero-order chi connectivity index (χ0) is 21.3. The van der Waals surface area contributed by atoms with Crippen LogP contribution in [0.3, 0.4) is 0 Å². The largest absolute Gasteiger partial charge is 0.497 e. The van der Waals surface area contributed by atoms with Gasteiger partial charge in [-0.3, -0.25) is 4.79 Å². The van der Waals surface area contributed by atoms with Gasteiger partial charge in [-0.25, -0.2) is 4.79 Å². The number of para-hydroxylation sites is 1. The molecule has 2 aromatic carbocycles. The summed E-state index contributed by atoms with van der Waals surface area (Å²) in [6.07, 6.45) is 0. The third-order valence-corrected chi connectivity index (χ3v) is 7.10. The van der Waals surface area contributed by atoms with Crippen molar-refractivity contribution in [1.29, 1.82) is 0 Å². The van der Waals surface area contributed by atoms with E-state index in [1.54, 1.807) is 43.1 Å². The van der Waals surface area contributed by atoms with Crippen LogP contribution in [0.4, 0.5) is 5.69 Å². The average molecular weight is 462 g/mol. The number of methoxy groups -OCH3 is 2. The second-order valence-electron chi connectivity index (χ2n) is 5.84. The third-order valence-electron chi connectivity index (χ3n) is 3.84. The molecule has 156 valence electrons. The van der Waals surface area contributed by atoms with Gasteiger partial charge in [-0.15, -0.1) is 10.2 Å². The van der Waals surface area contributed by atoms with Crippen molar-refractivity contribution in [3.8, 4) is 5.75 Å². The first-order valence-electron chi connectivity index (χ1n) is 8.78. The van der Waals surface area contributed by atoms with Gasteiger partial charge in [0.15, 0.2) is 8.68 Å². The van der Waals surface area contributed by atoms with E-state index in [4.69, 9.17) is 9.47 Å². The molecule has 7 nitrogen and oxygen atoms in total. The molecule has 0 saturated heterocycles. The number of thioether (sulfide) groups is 2. The second-order valence-corrected chi connectivity index (χ2v) is 9.27. The van der Waals surface area contributed by atoms with Crippen molar-refractivity contribution in [1.82, 2.24) is 10.2 Å². The molecule has 1 amide bonds. The van der Waals surface area contributed by atoms with Crippen LogP contribution < -0.4 is 10.1 Å². The van der Waals surface area contributed by atoms with Gasteiger partial charge in [0, 0.05) is 5.75 Å². The molecule has 1 N–H and O–H groups in total. The molecule has 1 heterocycles. The van der Waals surface area contributed by atoms with Crippen LogP contribution in [-0.2, 0) is 15.3 Å². The summed E-state index contributed by atoms with van der Waals surface area (Å²) in [5, 5.41) is 11.0. The first-order valence-corrected chi connectivity index (χ1v) is 11.6. The van der Waals surface area contributed by atoms with Crippen molar-refractivity contribution in [2.45, 2.75) is 14.4 Å². The van der Waals surface area contributed by atoms with Crippen LogP contribution in [0, 0.1) is 0 Å². The summed E-state index contributed by atoms with van der Waals surface area (Å²) in [4.78, 5) is 24.1. The Bertz CT molecular complexity index is 1010. The zero-order valence-corrected chi connectivity index (χ0v) is 18.7. The minimum atomic E-state index is -0.499. The van der Waals surface area contributed by atoms with E-state index in [0.717, 1.165) is 21.4 Å². The number of esters is 1. The Morgan fingerprint density at radius 1 is 1.00 bits per heavy atom. The number of hydrogen-bond acceptors (Lipinski definition) is 9. The lowest BCUT2D eigenvalue weighted by Gasteiger charge is -2.08. The molecule has 0 atom stereocenters. The summed E-state index contributed by atoms with van der Waals surface area (Å²) in [5.74, 6) is 1.02. The zero-order valence-electron chi connectivity index (χ0n) is 16.3. The number of ether oxygens (including phenoxy) is 2. The average Bonchev–Trinajstić information content (AvgIpc) is 3.24. The molecule has 1 aromatic heterocycles. The Balaban J connectivity index is 1.49. The van der Waals surface area contributed by atoms with Gasteiger partial charge in [0.1, 0.15) is 5.75 Å². The molecule has 0 aliphatic carbocycles. The van der Waals surface area contributed by atoms with Crippen LogP contribution in [0.1, 0.15) is 15.9 Å². The minimum Gasteiger partial charge on any atom is -0.497 e. The fourth-order valence-electron chi connectivity index (χ4n) is 2.37. The van der Waals surface area contributed by atoms with Gasteiger partial charge >= 0.3 is 5.97 Å². The van der Waals surface area contributed by atoms with Crippen LogP contribution in [0.5, 0.6) is 5.75 Å². The molecule has 30 heavy (non-hydrogen) atoms. The van der Waals surface area contributed by atoms with Crippen LogP contribution in [0.2, 0.25) is 0 Å². The van der Waals surface area contributed by atoms with Gasteiger partial charge in [-0.2, -0.15) is 0 Å². The lowest BCUT2D eigenvalue weighted by atomic mass is 10.2. The number of amides is 1. The summed E-state index contributed by atoms with van der Waals surface area (Å²) >= 11 is 4.34. The smallest absolute Gasteiger partial charge is 0.339 e. The summed E-state index contributed by atoms with van der Waals surface area (Å²) in [5.41, 5.74) is 1.89. The highest BCUT2D eigenvalue weighted by Crippen LogP contribution is 2.31. The number of nitrogens with one attached hydrogen (secondary N) is 1. The number of benzene rings is 2. The van der Waals surface area contributed by atoms with Crippen LogP contribution in [0.25, 0.3) is 0 Å². The molecule has 10 heteroatoms. The topological polar surface area (TPSA) is 90.4 Å². The molecule has 0 aliphatic rings. The van der Waals surface area contributed by atoms with Crippen molar-refractivity contribution in [3.05, 3.63) is 59.7 Å². The number of hydrogen-bond donors (Lipinski definition) is 1. The highest BCUT2D eigenvalue weighted by molar-refractivity contribution is 8.03. The van der Waals surface area contributed by atoms with Crippen molar-refractivity contribution in [2.75, 3.05) is 25.3 Å². The summed E-state index contributed by atoms with van der Waals surface area (Å²) < 4.78 is 11.4. The quantitative estimate of drug-likeness (QED) is 0.371. The Morgan fingerprint density at radius 2 is 1.70 bits per heavy atom. The Labute approximate surface area is 186 Å². The molecule has 3 rings (SSSR count). The fourth-order valence-corrected chi connectivity index (χ4v) is 5.15. The Hall–Kier alpha value is -2.56. The van der Waals surface area contributed by atoms with Crippen LogP contribution in [-0.4, -0.2) is 42.0 Å². The summed E-state index contributed by atoms with van der Waals surface area (Å²) in [6.45, 7) is 0. The number of carbonyl (C=O) groups excluding carboxylic acids is 2. The standard InChI is InChI=1S/C20H19N3O4S3/c1-26-14-9-7-13(8-10-14)11-28-19-22-23-20(30-19)29-12-17(24)21-16-6-4-3-5-15(16)18(25)27-2/h3-10H,11-12H2,1-2H3,(H,21,24). The highest BCUT2D eigenvalue weighted by atomic mass is 32.2. The number of anilines is 1. The maximum absolute atomic E-state index is 12.3. The predicted molar refractivity (Wildman–Crippen MR) is 120 cm³/mol. The Kier molecular flexibility index (Phi) is 8.12. The number of aromatic nitrogens is 2. The van der Waals surface area contributed by atoms with Gasteiger partial charge in [0.05, 0.1) is 31.2 Å². The molecule has 0 radical (unpaired) electrons. The lowest BCUT2D eigenvalue weighted by Crippen LogP contribution is -2.17. The number of rotatable bonds is 9. The molecule has 0 aliphatic heterocycles. The first-order chi connectivity index (χ1) is 14.6. The lowest BCUT2D eigenvalue weighted by molar-refractivity contribution is -0.113. The molecule has 0 saturated carbocycles. The van der Waals surface area contributed by atoms with Gasteiger partial charge in [0.25, 0.3) is 0 Å². The maximum Gasteiger partial charge on any atom is 0.339 e. The molecular formula is C20H19N3O4S3. The predicted octanol–water partition coefficient (Wildman–Crippen LogP) is 4.36. The number of nitrogens with zero attached hydrogens (tertiary/aromatic N) is 2. The van der Waals surface area contributed by atoms with Crippen LogP contribution >= 0.6 is 34.9 Å². The molecule has 0 fully saturated rings. The van der Waals surface area contributed by atoms with Crippen molar-refractivity contribution >= 4 is 52.4 Å². The monoisotopic (exact) mass is 461 g/mol. The van der Waals surface area contributed by atoms with E-state index in [9.17, 15) is 9.59 Å². The third kappa shape index (κ3) is 6.22. The van der Waals surface area contributed by atoms with E-state index < -0.39 is 5.97 Å². The van der Waals surface area contributed by atoms with E-state index in [1.165, 1.54) is 30.2 Å². The fraction of sp³-hybridized carbons (Fsp3) is 0.200. The van der Waals surface area contributed by atoms with Crippen molar-refractivity contribution in [2.24, 2.45) is 0 Å². The number of carbonyl (C=O) groups is 2.